The zero-order chi connectivity index (χ0) is 15.0. The molecule has 0 aliphatic heterocycles. The van der Waals surface area contributed by atoms with Crippen LogP contribution in [0.25, 0.3) is 22.4 Å². The third-order valence-electron chi connectivity index (χ3n) is 3.43. The van der Waals surface area contributed by atoms with Gasteiger partial charge in [-0.25, -0.2) is 4.98 Å². The molecule has 2 N–H and O–H groups in total. The molecule has 0 amide bonds. The number of rotatable bonds is 3. The molecule has 0 spiro atoms. The zero-order valence-corrected chi connectivity index (χ0v) is 12.6. The molecule has 6 heteroatoms. The average Bonchev–Trinajstić information content (AvgIpc) is 2.87. The Bertz CT molecular complexity index is 813. The highest BCUT2D eigenvalue weighted by molar-refractivity contribution is 6.33. The highest BCUT2D eigenvalue weighted by Gasteiger charge is 2.17. The second-order valence-corrected chi connectivity index (χ2v) is 5.03. The number of aromatic nitrogens is 3. The summed E-state index contributed by atoms with van der Waals surface area (Å²) in [7, 11) is 1.60. The molecule has 3 rings (SSSR count). The van der Waals surface area contributed by atoms with Crippen molar-refractivity contribution in [2.24, 2.45) is 0 Å². The lowest BCUT2D eigenvalue weighted by Crippen LogP contribution is -2.00. The number of ether oxygens (including phenoxy) is 1. The first-order chi connectivity index (χ1) is 10.2. The third-order valence-corrected chi connectivity index (χ3v) is 3.75. The quantitative estimate of drug-likeness (QED) is 0.753. The highest BCUT2D eigenvalue weighted by Crippen LogP contribution is 2.36. The number of imidazole rings is 1. The van der Waals surface area contributed by atoms with Gasteiger partial charge in [0.25, 0.3) is 0 Å². The van der Waals surface area contributed by atoms with Gasteiger partial charge < -0.3 is 15.0 Å². The number of methoxy groups -OCH3 is 1. The van der Waals surface area contributed by atoms with Crippen molar-refractivity contribution in [2.75, 3.05) is 12.8 Å². The second kappa shape index (κ2) is 5.26. The van der Waals surface area contributed by atoms with Gasteiger partial charge in [0, 0.05) is 18.8 Å². The number of pyridine rings is 1. The van der Waals surface area contributed by atoms with Crippen LogP contribution in [0, 0.1) is 0 Å². The molecule has 0 saturated carbocycles. The van der Waals surface area contributed by atoms with E-state index in [0.717, 1.165) is 29.0 Å². The minimum atomic E-state index is 0.484. The van der Waals surface area contributed by atoms with E-state index in [0.29, 0.717) is 16.5 Å². The van der Waals surface area contributed by atoms with Crippen molar-refractivity contribution >= 4 is 28.3 Å². The van der Waals surface area contributed by atoms with E-state index in [-0.39, 0.29) is 0 Å². The maximum Gasteiger partial charge on any atom is 0.144 e. The summed E-state index contributed by atoms with van der Waals surface area (Å²) >= 11 is 6.16. The van der Waals surface area contributed by atoms with Crippen LogP contribution < -0.4 is 10.5 Å². The topological polar surface area (TPSA) is 66.0 Å². The maximum atomic E-state index is 6.16. The van der Waals surface area contributed by atoms with Gasteiger partial charge in [-0.3, -0.25) is 4.98 Å². The number of halogens is 1. The Morgan fingerprint density at radius 1 is 1.38 bits per heavy atom. The monoisotopic (exact) mass is 302 g/mol. The number of nitrogen functional groups attached to an aromatic ring is 1. The fourth-order valence-electron chi connectivity index (χ4n) is 2.42. The summed E-state index contributed by atoms with van der Waals surface area (Å²) in [6.07, 6.45) is 3.50. The van der Waals surface area contributed by atoms with E-state index in [1.54, 1.807) is 31.6 Å². The molecule has 0 bridgehead atoms. The van der Waals surface area contributed by atoms with Crippen LogP contribution in [0.1, 0.15) is 6.92 Å². The molecule has 0 radical (unpaired) electrons. The highest BCUT2D eigenvalue weighted by atomic mass is 35.5. The standard InChI is InChI=1S/C15H15ClN4O/c1-3-20-13-4-5-18-8-12(13)19-15(20)9-6-10(16)11(17)7-14(9)21-2/h4-8H,3,17H2,1-2H3. The second-order valence-electron chi connectivity index (χ2n) is 4.62. The first-order valence-electron chi connectivity index (χ1n) is 6.59. The van der Waals surface area contributed by atoms with E-state index in [1.807, 2.05) is 6.07 Å². The van der Waals surface area contributed by atoms with E-state index in [2.05, 4.69) is 21.5 Å². The van der Waals surface area contributed by atoms with Gasteiger partial charge in [0.2, 0.25) is 0 Å². The van der Waals surface area contributed by atoms with Crippen molar-refractivity contribution < 1.29 is 4.74 Å². The lowest BCUT2D eigenvalue weighted by Gasteiger charge is -2.12. The van der Waals surface area contributed by atoms with Gasteiger partial charge in [-0.2, -0.15) is 0 Å². The SMILES string of the molecule is CCn1c(-c2cc(Cl)c(N)cc2OC)nc2cnccc21. The molecule has 2 aromatic heterocycles. The molecule has 21 heavy (non-hydrogen) atoms. The fraction of sp³-hybridized carbons (Fsp3) is 0.200. The predicted octanol–water partition coefficient (Wildman–Crippen LogP) is 3.36. The summed E-state index contributed by atoms with van der Waals surface area (Å²) in [6, 6.07) is 5.45. The Hall–Kier alpha value is -2.27. The maximum absolute atomic E-state index is 6.16. The van der Waals surface area contributed by atoms with Gasteiger partial charge in [0.05, 0.1) is 35.1 Å². The van der Waals surface area contributed by atoms with Gasteiger partial charge in [0.1, 0.15) is 17.1 Å². The largest absolute Gasteiger partial charge is 0.496 e. The molecule has 1 aromatic carbocycles. The Morgan fingerprint density at radius 2 is 2.19 bits per heavy atom. The number of hydrogen-bond donors (Lipinski definition) is 1. The molecule has 5 nitrogen and oxygen atoms in total. The van der Waals surface area contributed by atoms with Crippen LogP contribution in [-0.4, -0.2) is 21.6 Å². The van der Waals surface area contributed by atoms with Crippen LogP contribution in [-0.2, 0) is 6.54 Å². The molecular weight excluding hydrogens is 288 g/mol. The normalized spacial score (nSPS) is 11.0. The van der Waals surface area contributed by atoms with Gasteiger partial charge in [-0.15, -0.1) is 0 Å². The van der Waals surface area contributed by atoms with E-state index < -0.39 is 0 Å². The van der Waals surface area contributed by atoms with Crippen LogP contribution in [0.15, 0.2) is 30.6 Å². The van der Waals surface area contributed by atoms with Gasteiger partial charge >= 0.3 is 0 Å². The van der Waals surface area contributed by atoms with Gasteiger partial charge in [-0.05, 0) is 19.1 Å². The Morgan fingerprint density at radius 3 is 2.90 bits per heavy atom. The Balaban J connectivity index is 2.32. The fourth-order valence-corrected chi connectivity index (χ4v) is 2.58. The van der Waals surface area contributed by atoms with E-state index in [9.17, 15) is 0 Å². The van der Waals surface area contributed by atoms with Crippen LogP contribution in [0.4, 0.5) is 5.69 Å². The summed E-state index contributed by atoms with van der Waals surface area (Å²) in [5, 5.41) is 0.485. The molecule has 0 aliphatic carbocycles. The van der Waals surface area contributed by atoms with Crippen LogP contribution in [0.3, 0.4) is 0 Å². The van der Waals surface area contributed by atoms with Crippen molar-refractivity contribution in [3.63, 3.8) is 0 Å². The molecule has 2 heterocycles. The van der Waals surface area contributed by atoms with Crippen LogP contribution in [0.5, 0.6) is 5.75 Å². The van der Waals surface area contributed by atoms with Crippen molar-refractivity contribution in [3.8, 4) is 17.1 Å². The Labute approximate surface area is 127 Å². The lowest BCUT2D eigenvalue weighted by molar-refractivity contribution is 0.416. The van der Waals surface area contributed by atoms with Crippen LogP contribution >= 0.6 is 11.6 Å². The molecule has 0 saturated heterocycles. The molecule has 0 fully saturated rings. The number of anilines is 1. The first-order valence-corrected chi connectivity index (χ1v) is 6.97. The molecule has 0 unspecified atom stereocenters. The van der Waals surface area contributed by atoms with Crippen molar-refractivity contribution in [1.82, 2.24) is 14.5 Å². The molecule has 108 valence electrons. The van der Waals surface area contributed by atoms with Crippen molar-refractivity contribution in [3.05, 3.63) is 35.6 Å². The van der Waals surface area contributed by atoms with Crippen LogP contribution in [0.2, 0.25) is 5.02 Å². The van der Waals surface area contributed by atoms with E-state index >= 15 is 0 Å². The number of benzene rings is 1. The smallest absolute Gasteiger partial charge is 0.144 e. The van der Waals surface area contributed by atoms with E-state index in [4.69, 9.17) is 22.1 Å². The van der Waals surface area contributed by atoms with Crippen molar-refractivity contribution in [2.45, 2.75) is 13.5 Å². The minimum absolute atomic E-state index is 0.484. The first kappa shape index (κ1) is 13.7. The summed E-state index contributed by atoms with van der Waals surface area (Å²) in [6.45, 7) is 2.84. The number of nitrogens with zero attached hydrogens (tertiary/aromatic N) is 3. The summed E-state index contributed by atoms with van der Waals surface area (Å²) < 4.78 is 7.52. The summed E-state index contributed by atoms with van der Waals surface area (Å²) in [5.74, 6) is 1.44. The number of nitrogens with two attached hydrogens (primary N) is 1. The summed E-state index contributed by atoms with van der Waals surface area (Å²) in [4.78, 5) is 8.77. The van der Waals surface area contributed by atoms with Gasteiger partial charge in [0.15, 0.2) is 0 Å². The van der Waals surface area contributed by atoms with Gasteiger partial charge in [-0.1, -0.05) is 11.6 Å². The number of fused-ring (bicyclic) bond motifs is 1. The Kier molecular flexibility index (Phi) is 3.43. The van der Waals surface area contributed by atoms with Crippen molar-refractivity contribution in [1.29, 1.82) is 0 Å². The zero-order valence-electron chi connectivity index (χ0n) is 11.8. The molecule has 0 atom stereocenters. The predicted molar refractivity (Wildman–Crippen MR) is 84.6 cm³/mol. The average molecular weight is 303 g/mol. The third kappa shape index (κ3) is 2.19. The summed E-state index contributed by atoms with van der Waals surface area (Å²) in [5.41, 5.74) is 9.00. The number of hydrogen-bond acceptors (Lipinski definition) is 4. The number of aryl methyl sites for hydroxylation is 1. The minimum Gasteiger partial charge on any atom is -0.496 e. The molecular formula is C15H15ClN4O. The van der Waals surface area contributed by atoms with E-state index in [1.165, 1.54) is 0 Å². The molecule has 0 aliphatic rings. The molecule has 3 aromatic rings. The lowest BCUT2D eigenvalue weighted by atomic mass is 10.1.